The summed E-state index contributed by atoms with van der Waals surface area (Å²) in [6.45, 7) is 3.90. The van der Waals surface area contributed by atoms with Crippen molar-refractivity contribution in [2.75, 3.05) is 5.32 Å². The molecule has 3 aliphatic carbocycles. The Kier molecular flexibility index (Phi) is 5.63. The number of aromatic carboxylic acids is 1. The smallest absolute Gasteiger partial charge is 0.356 e. The fourth-order valence-corrected chi connectivity index (χ4v) is 6.11. The van der Waals surface area contributed by atoms with Crippen molar-refractivity contribution in [2.45, 2.75) is 63.8 Å². The average Bonchev–Trinajstić information content (AvgIpc) is 2.83. The van der Waals surface area contributed by atoms with Gasteiger partial charge in [0.1, 0.15) is 11.0 Å². The van der Waals surface area contributed by atoms with E-state index in [9.17, 15) is 14.7 Å². The van der Waals surface area contributed by atoms with E-state index in [1.54, 1.807) is 16.7 Å². The zero-order chi connectivity index (χ0) is 24.2. The van der Waals surface area contributed by atoms with Gasteiger partial charge in [-0.05, 0) is 82.1 Å². The summed E-state index contributed by atoms with van der Waals surface area (Å²) < 4.78 is 1.76. The molecular weight excluding hydrogens is 452 g/mol. The van der Waals surface area contributed by atoms with E-state index in [4.69, 9.17) is 16.6 Å². The molecule has 8 heteroatoms. The SMILES string of the molecule is Cc1cc([C@@H](C)Nc2ccc(Cl)nc2C(=O)O)c2nc(C34CCC(CC3)CC4)n(C)c(=O)c2c1. The van der Waals surface area contributed by atoms with Gasteiger partial charge in [0.25, 0.3) is 5.56 Å². The third-order valence-electron chi connectivity index (χ3n) is 7.82. The molecule has 3 aliphatic rings. The number of halogens is 1. The summed E-state index contributed by atoms with van der Waals surface area (Å²) in [5.41, 5.74) is 2.66. The molecule has 6 rings (SSSR count). The zero-order valence-electron chi connectivity index (χ0n) is 19.7. The highest BCUT2D eigenvalue weighted by Crippen LogP contribution is 2.51. The van der Waals surface area contributed by atoms with Crippen LogP contribution in [0.15, 0.2) is 29.1 Å². The van der Waals surface area contributed by atoms with Gasteiger partial charge in [-0.2, -0.15) is 0 Å². The second-order valence-corrected chi connectivity index (χ2v) is 10.4. The van der Waals surface area contributed by atoms with E-state index >= 15 is 0 Å². The first-order valence-electron chi connectivity index (χ1n) is 11.9. The Morgan fingerprint density at radius 2 is 1.88 bits per heavy atom. The summed E-state index contributed by atoms with van der Waals surface area (Å²) in [4.78, 5) is 34.4. The molecule has 2 bridgehead atoms. The van der Waals surface area contributed by atoms with Gasteiger partial charge in [-0.3, -0.25) is 9.36 Å². The van der Waals surface area contributed by atoms with Crippen molar-refractivity contribution in [3.63, 3.8) is 0 Å². The molecule has 0 unspecified atom stereocenters. The molecule has 0 saturated heterocycles. The first kappa shape index (κ1) is 22.8. The molecule has 2 aromatic heterocycles. The van der Waals surface area contributed by atoms with E-state index in [2.05, 4.69) is 10.3 Å². The number of anilines is 1. The van der Waals surface area contributed by atoms with Crippen molar-refractivity contribution in [1.82, 2.24) is 14.5 Å². The van der Waals surface area contributed by atoms with Crippen molar-refractivity contribution in [2.24, 2.45) is 13.0 Å². The van der Waals surface area contributed by atoms with Crippen molar-refractivity contribution in [1.29, 1.82) is 0 Å². The van der Waals surface area contributed by atoms with Crippen LogP contribution in [0.4, 0.5) is 5.69 Å². The summed E-state index contributed by atoms with van der Waals surface area (Å²) in [5.74, 6) is 0.547. The Labute approximate surface area is 203 Å². The lowest BCUT2D eigenvalue weighted by Crippen LogP contribution is -2.42. The van der Waals surface area contributed by atoms with Gasteiger partial charge in [-0.1, -0.05) is 17.7 Å². The van der Waals surface area contributed by atoms with E-state index in [-0.39, 0.29) is 27.9 Å². The first-order chi connectivity index (χ1) is 16.2. The lowest BCUT2D eigenvalue weighted by molar-refractivity contribution is 0.0691. The fraction of sp³-hybridized carbons (Fsp3) is 0.462. The number of fused-ring (bicyclic) bond motifs is 4. The van der Waals surface area contributed by atoms with E-state index in [1.165, 1.54) is 19.3 Å². The van der Waals surface area contributed by atoms with Crippen LogP contribution in [-0.4, -0.2) is 25.6 Å². The number of hydrogen-bond donors (Lipinski definition) is 2. The van der Waals surface area contributed by atoms with Gasteiger partial charge in [0.2, 0.25) is 0 Å². The molecule has 2 N–H and O–H groups in total. The molecule has 178 valence electrons. The molecular formula is C26H29ClN4O3. The standard InChI is InChI=1S/C26H29ClN4O3/c1-14-12-17(15(2)28-19-4-5-20(27)29-22(19)24(33)34)21-18(13-14)23(32)31(3)25(30-21)26-9-6-16(7-10-26)8-11-26/h4-5,12-13,15-16,28H,6-11H2,1-3H3,(H,33,34)/t15-,16?,26?/m1/s1. The average molecular weight is 481 g/mol. The second kappa shape index (κ2) is 8.38. The number of pyridine rings is 1. The largest absolute Gasteiger partial charge is 0.476 e. The van der Waals surface area contributed by atoms with Crippen LogP contribution in [0.3, 0.4) is 0 Å². The van der Waals surface area contributed by atoms with Crippen molar-refractivity contribution >= 4 is 34.2 Å². The van der Waals surface area contributed by atoms with Gasteiger partial charge in [-0.25, -0.2) is 14.8 Å². The number of carbonyl (C=O) groups is 1. The lowest BCUT2D eigenvalue weighted by Gasteiger charge is -2.46. The Hall–Kier alpha value is -2.93. The number of hydrogen-bond acceptors (Lipinski definition) is 5. The minimum atomic E-state index is -1.16. The quantitative estimate of drug-likeness (QED) is 0.475. The summed E-state index contributed by atoms with van der Waals surface area (Å²) in [7, 11) is 1.85. The summed E-state index contributed by atoms with van der Waals surface area (Å²) in [6, 6.07) is 6.78. The van der Waals surface area contributed by atoms with Gasteiger partial charge in [0.15, 0.2) is 5.69 Å². The number of carboxylic acids is 1. The maximum atomic E-state index is 13.5. The van der Waals surface area contributed by atoms with Gasteiger partial charge >= 0.3 is 5.97 Å². The monoisotopic (exact) mass is 480 g/mol. The highest BCUT2D eigenvalue weighted by Gasteiger charge is 2.44. The van der Waals surface area contributed by atoms with Crippen LogP contribution < -0.4 is 10.9 Å². The summed E-state index contributed by atoms with van der Waals surface area (Å²) >= 11 is 5.92. The van der Waals surface area contributed by atoms with Crippen molar-refractivity contribution in [3.05, 3.63) is 62.4 Å². The summed E-state index contributed by atoms with van der Waals surface area (Å²) in [5, 5.41) is 13.6. The highest BCUT2D eigenvalue weighted by molar-refractivity contribution is 6.29. The van der Waals surface area contributed by atoms with E-state index in [1.807, 2.05) is 33.0 Å². The van der Waals surface area contributed by atoms with E-state index in [0.29, 0.717) is 16.6 Å². The van der Waals surface area contributed by atoms with Gasteiger partial charge in [-0.15, -0.1) is 0 Å². The van der Waals surface area contributed by atoms with Crippen molar-refractivity contribution < 1.29 is 9.90 Å². The molecule has 1 aromatic carbocycles. The number of aromatic nitrogens is 3. The van der Waals surface area contributed by atoms with Gasteiger partial charge in [0.05, 0.1) is 22.6 Å². The molecule has 1 atom stereocenters. The molecule has 3 aromatic rings. The predicted molar refractivity (Wildman–Crippen MR) is 133 cm³/mol. The van der Waals surface area contributed by atoms with Crippen LogP contribution in [-0.2, 0) is 12.5 Å². The highest BCUT2D eigenvalue weighted by atomic mass is 35.5. The summed E-state index contributed by atoms with van der Waals surface area (Å²) in [6.07, 6.45) is 6.85. The second-order valence-electron chi connectivity index (χ2n) is 10.0. The maximum absolute atomic E-state index is 13.5. The molecule has 0 spiro atoms. The molecule has 2 heterocycles. The zero-order valence-corrected chi connectivity index (χ0v) is 20.4. The first-order valence-corrected chi connectivity index (χ1v) is 12.2. The minimum absolute atomic E-state index is 0.0291. The predicted octanol–water partition coefficient (Wildman–Crippen LogP) is 5.38. The third-order valence-corrected chi connectivity index (χ3v) is 8.03. The molecule has 34 heavy (non-hydrogen) atoms. The molecule has 3 saturated carbocycles. The number of nitrogens with zero attached hydrogens (tertiary/aromatic N) is 3. The van der Waals surface area contributed by atoms with Crippen LogP contribution in [0, 0.1) is 12.8 Å². The van der Waals surface area contributed by atoms with Crippen LogP contribution in [0.5, 0.6) is 0 Å². The molecule has 0 aliphatic heterocycles. The van der Waals surface area contributed by atoms with Crippen LogP contribution in [0.2, 0.25) is 5.15 Å². The Morgan fingerprint density at radius 1 is 1.21 bits per heavy atom. The Morgan fingerprint density at radius 3 is 2.53 bits per heavy atom. The van der Waals surface area contributed by atoms with Crippen molar-refractivity contribution in [3.8, 4) is 0 Å². The van der Waals surface area contributed by atoms with Crippen LogP contribution in [0.1, 0.15) is 78.9 Å². The van der Waals surface area contributed by atoms with E-state index < -0.39 is 5.97 Å². The van der Waals surface area contributed by atoms with Gasteiger partial charge < -0.3 is 10.4 Å². The number of aryl methyl sites for hydroxylation is 1. The van der Waals surface area contributed by atoms with Crippen LogP contribution in [0.25, 0.3) is 10.9 Å². The number of benzene rings is 1. The van der Waals surface area contributed by atoms with Gasteiger partial charge in [0, 0.05) is 18.0 Å². The van der Waals surface area contributed by atoms with E-state index in [0.717, 1.165) is 42.1 Å². The Bertz CT molecular complexity index is 1340. The molecule has 0 amide bonds. The fourth-order valence-electron chi connectivity index (χ4n) is 5.97. The number of nitrogens with one attached hydrogen (secondary N) is 1. The Balaban J connectivity index is 1.64. The molecule has 3 fully saturated rings. The minimum Gasteiger partial charge on any atom is -0.476 e. The number of rotatable bonds is 5. The maximum Gasteiger partial charge on any atom is 0.356 e. The topological polar surface area (TPSA) is 97.1 Å². The van der Waals surface area contributed by atoms with Crippen LogP contribution >= 0.6 is 11.6 Å². The third kappa shape index (κ3) is 3.76. The molecule has 7 nitrogen and oxygen atoms in total. The normalized spacial score (nSPS) is 22.6. The molecule has 0 radical (unpaired) electrons. The number of carboxylic acid groups (broad SMARTS) is 1. The lowest BCUT2D eigenvalue weighted by atomic mass is 9.60.